The first-order chi connectivity index (χ1) is 8.04. The normalized spacial score (nSPS) is 13.4. The maximum Gasteiger partial charge on any atom is 0.0644 e. The lowest BCUT2D eigenvalue weighted by atomic mass is 10.0. The number of aromatic nitrogens is 2. The highest BCUT2D eigenvalue weighted by molar-refractivity contribution is 5.27. The molecule has 1 atom stereocenters. The number of aryl methyl sites for hydroxylation is 2. The van der Waals surface area contributed by atoms with Crippen LogP contribution in [0.25, 0.3) is 0 Å². The molecule has 3 nitrogen and oxygen atoms in total. The zero-order valence-electron chi connectivity index (χ0n) is 12.2. The summed E-state index contributed by atoms with van der Waals surface area (Å²) >= 11 is 0. The fraction of sp³-hybridized carbons (Fsp3) is 0.786. The van der Waals surface area contributed by atoms with Crippen LogP contribution in [0.15, 0.2) is 0 Å². The van der Waals surface area contributed by atoms with E-state index in [1.54, 1.807) is 0 Å². The average molecular weight is 237 g/mol. The van der Waals surface area contributed by atoms with Gasteiger partial charge in [0.15, 0.2) is 0 Å². The molecule has 0 amide bonds. The molecule has 1 heterocycles. The molecule has 0 aliphatic heterocycles. The lowest BCUT2D eigenvalue weighted by Crippen LogP contribution is -2.30. The van der Waals surface area contributed by atoms with E-state index in [4.69, 9.17) is 0 Å². The topological polar surface area (TPSA) is 29.9 Å². The standard InChI is InChI=1S/C14H27N3/c1-7-13(8-2)15-10(4)14-11(5)16-17(9-3)12(14)6/h10,13,15H,7-9H2,1-6H3. The maximum absolute atomic E-state index is 4.59. The number of hydrogen-bond donors (Lipinski definition) is 1. The molecule has 0 saturated carbocycles. The third kappa shape index (κ3) is 3.09. The summed E-state index contributed by atoms with van der Waals surface area (Å²) in [6.45, 7) is 14.1. The van der Waals surface area contributed by atoms with Crippen molar-refractivity contribution < 1.29 is 0 Å². The molecule has 1 unspecified atom stereocenters. The molecule has 0 bridgehead atoms. The predicted octanol–water partition coefficient (Wildman–Crippen LogP) is 3.36. The van der Waals surface area contributed by atoms with Gasteiger partial charge in [-0.3, -0.25) is 4.68 Å². The minimum absolute atomic E-state index is 0.389. The summed E-state index contributed by atoms with van der Waals surface area (Å²) in [6, 6.07) is 0.994. The Kier molecular flexibility index (Phi) is 5.19. The van der Waals surface area contributed by atoms with Gasteiger partial charge in [0.25, 0.3) is 0 Å². The van der Waals surface area contributed by atoms with Crippen molar-refractivity contribution in [1.82, 2.24) is 15.1 Å². The zero-order valence-corrected chi connectivity index (χ0v) is 12.2. The molecule has 0 spiro atoms. The van der Waals surface area contributed by atoms with Crippen molar-refractivity contribution in [1.29, 1.82) is 0 Å². The zero-order chi connectivity index (χ0) is 13.0. The molecule has 17 heavy (non-hydrogen) atoms. The van der Waals surface area contributed by atoms with Crippen LogP contribution in [-0.2, 0) is 6.54 Å². The van der Waals surface area contributed by atoms with Gasteiger partial charge in [0.2, 0.25) is 0 Å². The first kappa shape index (κ1) is 14.2. The molecule has 1 aromatic rings. The van der Waals surface area contributed by atoms with Gasteiger partial charge in [-0.05, 0) is 40.5 Å². The summed E-state index contributed by atoms with van der Waals surface area (Å²) in [7, 11) is 0. The fourth-order valence-electron chi connectivity index (χ4n) is 2.61. The van der Waals surface area contributed by atoms with E-state index >= 15 is 0 Å². The number of hydrogen-bond acceptors (Lipinski definition) is 2. The van der Waals surface area contributed by atoms with Gasteiger partial charge in [-0.25, -0.2) is 0 Å². The monoisotopic (exact) mass is 237 g/mol. The fourth-order valence-corrected chi connectivity index (χ4v) is 2.61. The first-order valence-electron chi connectivity index (χ1n) is 6.84. The van der Waals surface area contributed by atoms with Gasteiger partial charge in [-0.1, -0.05) is 13.8 Å². The van der Waals surface area contributed by atoms with E-state index in [1.807, 2.05) is 0 Å². The van der Waals surface area contributed by atoms with E-state index in [0.29, 0.717) is 12.1 Å². The van der Waals surface area contributed by atoms with Gasteiger partial charge < -0.3 is 5.32 Å². The van der Waals surface area contributed by atoms with Gasteiger partial charge in [0.05, 0.1) is 5.69 Å². The van der Waals surface area contributed by atoms with Gasteiger partial charge in [0, 0.05) is 29.9 Å². The van der Waals surface area contributed by atoms with Gasteiger partial charge in [0.1, 0.15) is 0 Å². The molecule has 1 N–H and O–H groups in total. The summed E-state index contributed by atoms with van der Waals surface area (Å²) in [4.78, 5) is 0. The summed E-state index contributed by atoms with van der Waals surface area (Å²) < 4.78 is 2.09. The quantitative estimate of drug-likeness (QED) is 0.822. The number of nitrogens with one attached hydrogen (secondary N) is 1. The van der Waals surface area contributed by atoms with Crippen LogP contribution in [-0.4, -0.2) is 15.8 Å². The van der Waals surface area contributed by atoms with E-state index in [0.717, 1.165) is 12.2 Å². The second-order valence-corrected chi connectivity index (χ2v) is 4.80. The average Bonchev–Trinajstić information content (AvgIpc) is 2.60. The van der Waals surface area contributed by atoms with Crippen molar-refractivity contribution in [2.45, 2.75) is 73.0 Å². The molecule has 0 aliphatic carbocycles. The molecular formula is C14H27N3. The molecule has 0 aliphatic rings. The molecule has 0 saturated heterocycles. The second-order valence-electron chi connectivity index (χ2n) is 4.80. The Balaban J connectivity index is 2.88. The number of nitrogens with zero attached hydrogens (tertiary/aromatic N) is 2. The molecule has 0 aromatic carbocycles. The molecule has 1 aromatic heterocycles. The summed E-state index contributed by atoms with van der Waals surface area (Å²) in [5, 5.41) is 8.28. The van der Waals surface area contributed by atoms with Gasteiger partial charge in [-0.15, -0.1) is 0 Å². The highest BCUT2D eigenvalue weighted by Crippen LogP contribution is 2.22. The Morgan fingerprint density at radius 2 is 1.76 bits per heavy atom. The minimum atomic E-state index is 0.389. The first-order valence-corrected chi connectivity index (χ1v) is 6.84. The Bertz CT molecular complexity index is 351. The molecule has 0 fully saturated rings. The van der Waals surface area contributed by atoms with Crippen LogP contribution >= 0.6 is 0 Å². The minimum Gasteiger partial charge on any atom is -0.307 e. The van der Waals surface area contributed by atoms with Crippen LogP contribution in [0.5, 0.6) is 0 Å². The van der Waals surface area contributed by atoms with Crippen LogP contribution in [0, 0.1) is 13.8 Å². The number of rotatable bonds is 6. The van der Waals surface area contributed by atoms with E-state index in [1.165, 1.54) is 24.1 Å². The largest absolute Gasteiger partial charge is 0.307 e. The summed E-state index contributed by atoms with van der Waals surface area (Å²) in [5.74, 6) is 0. The van der Waals surface area contributed by atoms with Crippen LogP contribution in [0.2, 0.25) is 0 Å². The highest BCUT2D eigenvalue weighted by Gasteiger charge is 2.18. The van der Waals surface area contributed by atoms with Crippen LogP contribution < -0.4 is 5.32 Å². The molecule has 98 valence electrons. The Morgan fingerprint density at radius 3 is 2.18 bits per heavy atom. The van der Waals surface area contributed by atoms with Crippen molar-refractivity contribution in [2.75, 3.05) is 0 Å². The van der Waals surface area contributed by atoms with Crippen molar-refractivity contribution in [3.05, 3.63) is 17.0 Å². The Hall–Kier alpha value is -0.830. The maximum atomic E-state index is 4.59. The molecule has 1 rings (SSSR count). The smallest absolute Gasteiger partial charge is 0.0644 e. The second kappa shape index (κ2) is 6.20. The highest BCUT2D eigenvalue weighted by atomic mass is 15.3. The third-order valence-electron chi connectivity index (χ3n) is 3.64. The van der Waals surface area contributed by atoms with E-state index in [2.05, 4.69) is 56.6 Å². The third-order valence-corrected chi connectivity index (χ3v) is 3.64. The molecular weight excluding hydrogens is 210 g/mol. The summed E-state index contributed by atoms with van der Waals surface area (Å²) in [5.41, 5.74) is 3.84. The van der Waals surface area contributed by atoms with Crippen molar-refractivity contribution in [3.63, 3.8) is 0 Å². The van der Waals surface area contributed by atoms with E-state index in [9.17, 15) is 0 Å². The van der Waals surface area contributed by atoms with Crippen molar-refractivity contribution in [3.8, 4) is 0 Å². The Morgan fingerprint density at radius 1 is 1.18 bits per heavy atom. The van der Waals surface area contributed by atoms with Crippen LogP contribution in [0.3, 0.4) is 0 Å². The van der Waals surface area contributed by atoms with E-state index in [-0.39, 0.29) is 0 Å². The lowest BCUT2D eigenvalue weighted by molar-refractivity contribution is 0.430. The van der Waals surface area contributed by atoms with Gasteiger partial charge >= 0.3 is 0 Å². The van der Waals surface area contributed by atoms with Gasteiger partial charge in [-0.2, -0.15) is 5.10 Å². The van der Waals surface area contributed by atoms with Crippen molar-refractivity contribution in [2.24, 2.45) is 0 Å². The molecule has 0 radical (unpaired) electrons. The summed E-state index contributed by atoms with van der Waals surface area (Å²) in [6.07, 6.45) is 2.36. The van der Waals surface area contributed by atoms with Crippen molar-refractivity contribution >= 4 is 0 Å². The van der Waals surface area contributed by atoms with Crippen LogP contribution in [0.1, 0.15) is 63.5 Å². The SMILES string of the molecule is CCC(CC)NC(C)c1c(C)nn(CC)c1C. The van der Waals surface area contributed by atoms with Crippen LogP contribution in [0.4, 0.5) is 0 Å². The Labute approximate surface area is 106 Å². The predicted molar refractivity (Wildman–Crippen MR) is 73.3 cm³/mol. The lowest BCUT2D eigenvalue weighted by Gasteiger charge is -2.21. The molecule has 3 heteroatoms. The van der Waals surface area contributed by atoms with E-state index < -0.39 is 0 Å².